The highest BCUT2D eigenvalue weighted by Crippen LogP contribution is 2.33. The summed E-state index contributed by atoms with van der Waals surface area (Å²) in [5.74, 6) is 0.745. The lowest BCUT2D eigenvalue weighted by Gasteiger charge is -2.13. The Hall–Kier alpha value is -0.840. The van der Waals surface area contributed by atoms with Crippen molar-refractivity contribution in [3.8, 4) is 5.75 Å². The molecule has 4 heteroatoms. The van der Waals surface area contributed by atoms with Gasteiger partial charge in [-0.2, -0.15) is 0 Å². The molecule has 0 spiro atoms. The summed E-state index contributed by atoms with van der Waals surface area (Å²) in [6.07, 6.45) is -0.621. The number of ether oxygens (including phenoxy) is 1. The highest BCUT2D eigenvalue weighted by Gasteiger charge is 2.15. The Balaban J connectivity index is 2.39. The molecule has 1 unspecified atom stereocenters. The van der Waals surface area contributed by atoms with Crippen molar-refractivity contribution in [1.82, 2.24) is 0 Å². The smallest absolute Gasteiger partial charge is 0.119 e. The van der Waals surface area contributed by atoms with Gasteiger partial charge in [-0.3, -0.25) is 0 Å². The summed E-state index contributed by atoms with van der Waals surface area (Å²) in [6, 6.07) is 7.60. The van der Waals surface area contributed by atoms with E-state index in [0.29, 0.717) is 0 Å². The molecule has 0 amide bonds. The van der Waals surface area contributed by atoms with E-state index < -0.39 is 6.10 Å². The van der Waals surface area contributed by atoms with E-state index in [1.807, 2.05) is 36.6 Å². The zero-order valence-corrected chi connectivity index (χ0v) is 12.0. The summed E-state index contributed by atoms with van der Waals surface area (Å²) in [5.41, 5.74) is 1.74. The molecule has 2 rings (SSSR count). The summed E-state index contributed by atoms with van der Waals surface area (Å²) in [4.78, 5) is 1.19. The number of aryl methyl sites for hydroxylation is 1. The lowest BCUT2D eigenvalue weighted by atomic mass is 10.0. The van der Waals surface area contributed by atoms with Gasteiger partial charge in [-0.1, -0.05) is 15.9 Å². The molecule has 0 radical (unpaired) electrons. The molecule has 2 aromatic rings. The van der Waals surface area contributed by atoms with Gasteiger partial charge >= 0.3 is 0 Å². The first-order valence-electron chi connectivity index (χ1n) is 5.18. The van der Waals surface area contributed by atoms with Crippen molar-refractivity contribution in [3.05, 3.63) is 50.1 Å². The second-order valence-corrected chi connectivity index (χ2v) is 5.75. The van der Waals surface area contributed by atoms with Crippen LogP contribution in [-0.2, 0) is 0 Å². The minimum Gasteiger partial charge on any atom is -0.497 e. The van der Waals surface area contributed by atoms with Gasteiger partial charge < -0.3 is 9.84 Å². The molecule has 0 saturated heterocycles. The van der Waals surface area contributed by atoms with Gasteiger partial charge in [0, 0.05) is 14.9 Å². The summed E-state index contributed by atoms with van der Waals surface area (Å²) in [6.45, 7) is 2.03. The molecule has 1 heterocycles. The molecular weight excluding hydrogens is 300 g/mol. The molecule has 1 atom stereocenters. The summed E-state index contributed by atoms with van der Waals surface area (Å²) < 4.78 is 6.06. The average Bonchev–Trinajstić information content (AvgIpc) is 2.76. The van der Waals surface area contributed by atoms with Gasteiger partial charge in [0.1, 0.15) is 11.9 Å². The lowest BCUT2D eigenvalue weighted by molar-refractivity contribution is 0.219. The molecule has 0 aliphatic heterocycles. The minimum atomic E-state index is -0.621. The van der Waals surface area contributed by atoms with Crippen LogP contribution in [-0.4, -0.2) is 12.2 Å². The van der Waals surface area contributed by atoms with E-state index in [0.717, 1.165) is 21.3 Å². The van der Waals surface area contributed by atoms with Crippen LogP contribution in [0.15, 0.2) is 34.1 Å². The zero-order chi connectivity index (χ0) is 12.4. The molecule has 0 bridgehead atoms. The standard InChI is InChI=1S/C13H13BrO2S/c1-8-5-9(7-17-8)13(15)11-6-10(16-2)3-4-12(11)14/h3-7,13,15H,1-2H3. The van der Waals surface area contributed by atoms with Crippen LogP contribution in [0, 0.1) is 6.92 Å². The van der Waals surface area contributed by atoms with Crippen LogP contribution in [0.4, 0.5) is 0 Å². The third-order valence-corrected chi connectivity index (χ3v) is 4.17. The zero-order valence-electron chi connectivity index (χ0n) is 9.61. The number of rotatable bonds is 3. The highest BCUT2D eigenvalue weighted by molar-refractivity contribution is 9.10. The first-order valence-corrected chi connectivity index (χ1v) is 6.85. The second kappa shape index (κ2) is 5.21. The quantitative estimate of drug-likeness (QED) is 0.931. The fraction of sp³-hybridized carbons (Fsp3) is 0.231. The SMILES string of the molecule is COc1ccc(Br)c(C(O)c2csc(C)c2)c1. The largest absolute Gasteiger partial charge is 0.497 e. The number of thiophene rings is 1. The van der Waals surface area contributed by atoms with E-state index in [4.69, 9.17) is 4.74 Å². The molecule has 1 N–H and O–H groups in total. The summed E-state index contributed by atoms with van der Waals surface area (Å²) in [7, 11) is 1.62. The fourth-order valence-corrected chi connectivity index (χ4v) is 2.83. The maximum atomic E-state index is 10.3. The van der Waals surface area contributed by atoms with Crippen molar-refractivity contribution in [3.63, 3.8) is 0 Å². The maximum Gasteiger partial charge on any atom is 0.119 e. The number of hydrogen-bond acceptors (Lipinski definition) is 3. The Kier molecular flexibility index (Phi) is 3.86. The third-order valence-electron chi connectivity index (χ3n) is 2.56. The molecule has 17 heavy (non-hydrogen) atoms. The number of halogens is 1. The number of hydrogen-bond donors (Lipinski definition) is 1. The van der Waals surface area contributed by atoms with Crippen molar-refractivity contribution in [2.75, 3.05) is 7.11 Å². The molecule has 1 aromatic heterocycles. The molecule has 2 nitrogen and oxygen atoms in total. The fourth-order valence-electron chi connectivity index (χ4n) is 1.65. The van der Waals surface area contributed by atoms with Gasteiger partial charge in [0.05, 0.1) is 7.11 Å². The van der Waals surface area contributed by atoms with Crippen molar-refractivity contribution in [2.45, 2.75) is 13.0 Å². The molecule has 0 saturated carbocycles. The lowest BCUT2D eigenvalue weighted by Crippen LogP contribution is -1.99. The van der Waals surface area contributed by atoms with Crippen molar-refractivity contribution < 1.29 is 9.84 Å². The van der Waals surface area contributed by atoms with Crippen molar-refractivity contribution in [1.29, 1.82) is 0 Å². The first-order chi connectivity index (χ1) is 8.11. The van der Waals surface area contributed by atoms with Crippen LogP contribution < -0.4 is 4.74 Å². The molecule has 0 fully saturated rings. The van der Waals surface area contributed by atoms with Crippen LogP contribution in [0.2, 0.25) is 0 Å². The van der Waals surface area contributed by atoms with Crippen LogP contribution in [0.25, 0.3) is 0 Å². The van der Waals surface area contributed by atoms with E-state index in [2.05, 4.69) is 15.9 Å². The van der Waals surface area contributed by atoms with Crippen LogP contribution in [0.1, 0.15) is 22.1 Å². The number of aliphatic hydroxyl groups is 1. The summed E-state index contributed by atoms with van der Waals surface area (Å²) in [5, 5.41) is 12.3. The number of benzene rings is 1. The van der Waals surface area contributed by atoms with Gasteiger partial charge in [0.2, 0.25) is 0 Å². The van der Waals surface area contributed by atoms with Crippen molar-refractivity contribution in [2.24, 2.45) is 0 Å². The molecular formula is C13H13BrO2S. The predicted octanol–water partition coefficient (Wildman–Crippen LogP) is 3.91. The Morgan fingerprint density at radius 3 is 2.71 bits per heavy atom. The van der Waals surface area contributed by atoms with E-state index in [9.17, 15) is 5.11 Å². The van der Waals surface area contributed by atoms with Crippen LogP contribution in [0.3, 0.4) is 0 Å². The van der Waals surface area contributed by atoms with Crippen LogP contribution >= 0.6 is 27.3 Å². The third kappa shape index (κ3) is 2.70. The minimum absolute atomic E-state index is 0.621. The Labute approximate surface area is 113 Å². The number of methoxy groups -OCH3 is 1. The first kappa shape index (κ1) is 12.6. The topological polar surface area (TPSA) is 29.5 Å². The Morgan fingerprint density at radius 1 is 1.35 bits per heavy atom. The molecule has 0 aliphatic carbocycles. The maximum absolute atomic E-state index is 10.3. The Bertz CT molecular complexity index is 522. The van der Waals surface area contributed by atoms with Crippen molar-refractivity contribution >= 4 is 27.3 Å². The van der Waals surface area contributed by atoms with Crippen LogP contribution in [0.5, 0.6) is 5.75 Å². The predicted molar refractivity (Wildman–Crippen MR) is 73.8 cm³/mol. The van der Waals surface area contributed by atoms with E-state index >= 15 is 0 Å². The van der Waals surface area contributed by atoms with Gasteiger partial charge in [0.25, 0.3) is 0 Å². The van der Waals surface area contributed by atoms with E-state index in [1.54, 1.807) is 18.4 Å². The normalized spacial score (nSPS) is 12.5. The second-order valence-electron chi connectivity index (χ2n) is 3.78. The summed E-state index contributed by atoms with van der Waals surface area (Å²) >= 11 is 5.09. The average molecular weight is 313 g/mol. The molecule has 0 aliphatic rings. The van der Waals surface area contributed by atoms with Gasteiger partial charge in [-0.25, -0.2) is 0 Å². The molecule has 90 valence electrons. The van der Waals surface area contributed by atoms with E-state index in [-0.39, 0.29) is 0 Å². The van der Waals surface area contributed by atoms with Gasteiger partial charge in [0.15, 0.2) is 0 Å². The monoisotopic (exact) mass is 312 g/mol. The van der Waals surface area contributed by atoms with Gasteiger partial charge in [-0.05, 0) is 42.1 Å². The molecule has 1 aromatic carbocycles. The van der Waals surface area contributed by atoms with E-state index in [1.165, 1.54) is 4.88 Å². The highest BCUT2D eigenvalue weighted by atomic mass is 79.9. The number of aliphatic hydroxyl groups excluding tert-OH is 1. The van der Waals surface area contributed by atoms with Gasteiger partial charge in [-0.15, -0.1) is 11.3 Å². The Morgan fingerprint density at radius 2 is 2.12 bits per heavy atom.